The van der Waals surface area contributed by atoms with Crippen molar-refractivity contribution >= 4 is 0 Å². The first-order chi connectivity index (χ1) is 7.66. The van der Waals surface area contributed by atoms with Gasteiger partial charge in [0.05, 0.1) is 12.0 Å². The average Bonchev–Trinajstić information content (AvgIpc) is 2.16. The molecule has 0 spiro atoms. The molecule has 0 bridgehead atoms. The standard InChI is InChI=1S/C14H21N3/c1-13(2,3)11(7-15)10-8-16-12(17-9-10)14(4,5)6/h8-9,11H,1-6H3. The van der Waals surface area contributed by atoms with Gasteiger partial charge < -0.3 is 0 Å². The van der Waals surface area contributed by atoms with Gasteiger partial charge in [-0.1, -0.05) is 41.5 Å². The summed E-state index contributed by atoms with van der Waals surface area (Å²) in [4.78, 5) is 8.74. The first-order valence-electron chi connectivity index (χ1n) is 5.88. The highest BCUT2D eigenvalue weighted by molar-refractivity contribution is 5.23. The minimum absolute atomic E-state index is 0.0532. The summed E-state index contributed by atoms with van der Waals surface area (Å²) in [6.45, 7) is 12.4. The topological polar surface area (TPSA) is 49.6 Å². The lowest BCUT2D eigenvalue weighted by molar-refractivity contribution is 0.371. The van der Waals surface area contributed by atoms with Gasteiger partial charge in [0.2, 0.25) is 0 Å². The fourth-order valence-corrected chi connectivity index (χ4v) is 1.64. The molecule has 3 nitrogen and oxygen atoms in total. The molecule has 0 fully saturated rings. The molecule has 1 unspecified atom stereocenters. The van der Waals surface area contributed by atoms with Crippen molar-refractivity contribution in [2.24, 2.45) is 5.41 Å². The molecule has 0 radical (unpaired) electrons. The van der Waals surface area contributed by atoms with Gasteiger partial charge in [0, 0.05) is 23.4 Å². The molecule has 3 heteroatoms. The van der Waals surface area contributed by atoms with Crippen molar-refractivity contribution in [3.8, 4) is 6.07 Å². The zero-order chi connectivity index (χ0) is 13.3. The molecule has 1 heterocycles. The van der Waals surface area contributed by atoms with Crippen molar-refractivity contribution in [1.29, 1.82) is 5.26 Å². The van der Waals surface area contributed by atoms with Crippen molar-refractivity contribution in [3.63, 3.8) is 0 Å². The lowest BCUT2D eigenvalue weighted by Gasteiger charge is -2.25. The van der Waals surface area contributed by atoms with E-state index in [-0.39, 0.29) is 16.7 Å². The Morgan fingerprint density at radius 2 is 1.53 bits per heavy atom. The minimum Gasteiger partial charge on any atom is -0.240 e. The van der Waals surface area contributed by atoms with Gasteiger partial charge in [-0.25, -0.2) is 9.97 Å². The van der Waals surface area contributed by atoms with Crippen molar-refractivity contribution in [2.45, 2.75) is 52.9 Å². The third-order valence-electron chi connectivity index (χ3n) is 2.67. The van der Waals surface area contributed by atoms with Crippen LogP contribution < -0.4 is 0 Å². The van der Waals surface area contributed by atoms with Gasteiger partial charge in [-0.15, -0.1) is 0 Å². The summed E-state index contributed by atoms with van der Waals surface area (Å²) in [7, 11) is 0. The zero-order valence-corrected chi connectivity index (χ0v) is 11.6. The summed E-state index contributed by atoms with van der Waals surface area (Å²) >= 11 is 0. The zero-order valence-electron chi connectivity index (χ0n) is 11.6. The van der Waals surface area contributed by atoms with E-state index in [9.17, 15) is 5.26 Å². The number of aromatic nitrogens is 2. The second kappa shape index (κ2) is 4.44. The highest BCUT2D eigenvalue weighted by Crippen LogP contribution is 2.33. The summed E-state index contributed by atoms with van der Waals surface area (Å²) in [5.41, 5.74) is 0.747. The fourth-order valence-electron chi connectivity index (χ4n) is 1.64. The summed E-state index contributed by atoms with van der Waals surface area (Å²) in [5, 5.41) is 9.24. The molecule has 0 aliphatic carbocycles. The highest BCUT2D eigenvalue weighted by atomic mass is 14.9. The van der Waals surface area contributed by atoms with Crippen molar-refractivity contribution in [2.75, 3.05) is 0 Å². The minimum atomic E-state index is -0.170. The third-order valence-corrected chi connectivity index (χ3v) is 2.67. The van der Waals surface area contributed by atoms with E-state index in [1.54, 1.807) is 12.4 Å². The van der Waals surface area contributed by atoms with Gasteiger partial charge in [-0.05, 0) is 5.41 Å². The molecule has 17 heavy (non-hydrogen) atoms. The fraction of sp³-hybridized carbons (Fsp3) is 0.643. The second-order valence-corrected chi connectivity index (χ2v) is 6.52. The summed E-state index contributed by atoms with van der Waals surface area (Å²) in [5.74, 6) is 0.642. The van der Waals surface area contributed by atoms with E-state index in [1.165, 1.54) is 0 Å². The smallest absolute Gasteiger partial charge is 0.133 e. The molecule has 1 atom stereocenters. The van der Waals surface area contributed by atoms with E-state index in [4.69, 9.17) is 0 Å². The highest BCUT2D eigenvalue weighted by Gasteiger charge is 2.27. The Morgan fingerprint density at radius 1 is 1.06 bits per heavy atom. The van der Waals surface area contributed by atoms with Crippen LogP contribution in [0.3, 0.4) is 0 Å². The number of nitriles is 1. The third kappa shape index (κ3) is 3.26. The molecule has 1 aromatic rings. The molecule has 0 N–H and O–H groups in total. The van der Waals surface area contributed by atoms with Gasteiger partial charge in [0.25, 0.3) is 0 Å². The summed E-state index contributed by atoms with van der Waals surface area (Å²) in [6.07, 6.45) is 3.57. The molecule has 1 aromatic heterocycles. The summed E-state index contributed by atoms with van der Waals surface area (Å²) < 4.78 is 0. The summed E-state index contributed by atoms with van der Waals surface area (Å²) in [6, 6.07) is 2.34. The molecule has 0 aliphatic heterocycles. The predicted molar refractivity (Wildman–Crippen MR) is 68.5 cm³/mol. The van der Waals surface area contributed by atoms with E-state index in [1.807, 2.05) is 0 Å². The van der Waals surface area contributed by atoms with E-state index in [0.717, 1.165) is 11.4 Å². The Bertz CT molecular complexity index is 413. The van der Waals surface area contributed by atoms with Gasteiger partial charge in [-0.3, -0.25) is 0 Å². The molecule has 0 aromatic carbocycles. The van der Waals surface area contributed by atoms with Crippen LogP contribution in [0.4, 0.5) is 0 Å². The van der Waals surface area contributed by atoms with Crippen LogP contribution in [0.2, 0.25) is 0 Å². The van der Waals surface area contributed by atoms with E-state index in [0.29, 0.717) is 0 Å². The maximum atomic E-state index is 9.24. The largest absolute Gasteiger partial charge is 0.240 e. The SMILES string of the molecule is CC(C)(C)c1ncc(C(C#N)C(C)(C)C)cn1. The monoisotopic (exact) mass is 231 g/mol. The van der Waals surface area contributed by atoms with Crippen LogP contribution in [-0.2, 0) is 5.41 Å². The Hall–Kier alpha value is -1.43. The molecule has 0 saturated heterocycles. The van der Waals surface area contributed by atoms with Crippen molar-refractivity contribution in [3.05, 3.63) is 23.8 Å². The van der Waals surface area contributed by atoms with Gasteiger partial charge in [0.1, 0.15) is 5.82 Å². The maximum Gasteiger partial charge on any atom is 0.133 e. The molecule has 92 valence electrons. The van der Waals surface area contributed by atoms with Crippen molar-refractivity contribution in [1.82, 2.24) is 9.97 Å². The Labute approximate surface area is 104 Å². The van der Waals surface area contributed by atoms with Crippen molar-refractivity contribution < 1.29 is 0 Å². The van der Waals surface area contributed by atoms with E-state index < -0.39 is 0 Å². The maximum absolute atomic E-state index is 9.24. The molecule has 0 aliphatic rings. The first-order valence-corrected chi connectivity index (χ1v) is 5.88. The average molecular weight is 231 g/mol. The second-order valence-electron chi connectivity index (χ2n) is 6.52. The van der Waals surface area contributed by atoms with Gasteiger partial charge in [0.15, 0.2) is 0 Å². The van der Waals surface area contributed by atoms with Crippen LogP contribution >= 0.6 is 0 Å². The Morgan fingerprint density at radius 3 is 1.82 bits per heavy atom. The molecule has 0 saturated carbocycles. The molecular weight excluding hydrogens is 210 g/mol. The quantitative estimate of drug-likeness (QED) is 0.744. The number of nitrogens with zero attached hydrogens (tertiary/aromatic N) is 3. The normalized spacial score (nSPS) is 14.2. The first kappa shape index (κ1) is 13.6. The van der Waals surface area contributed by atoms with Crippen LogP contribution in [0.25, 0.3) is 0 Å². The van der Waals surface area contributed by atoms with Gasteiger partial charge >= 0.3 is 0 Å². The van der Waals surface area contributed by atoms with Crippen LogP contribution in [-0.4, -0.2) is 9.97 Å². The molecular formula is C14H21N3. The van der Waals surface area contributed by atoms with E-state index in [2.05, 4.69) is 57.6 Å². The lowest BCUT2D eigenvalue weighted by atomic mass is 9.78. The van der Waals surface area contributed by atoms with Crippen LogP contribution in [0.1, 0.15) is 58.8 Å². The molecule has 1 rings (SSSR count). The Balaban J connectivity index is 3.07. The predicted octanol–water partition coefficient (Wildman–Crippen LogP) is 3.43. The van der Waals surface area contributed by atoms with Gasteiger partial charge in [-0.2, -0.15) is 5.26 Å². The lowest BCUT2D eigenvalue weighted by Crippen LogP contribution is -2.20. The number of hydrogen-bond donors (Lipinski definition) is 0. The number of rotatable bonds is 1. The van der Waals surface area contributed by atoms with Crippen LogP contribution in [0, 0.1) is 16.7 Å². The van der Waals surface area contributed by atoms with E-state index >= 15 is 0 Å². The van der Waals surface area contributed by atoms with Crippen LogP contribution in [0.5, 0.6) is 0 Å². The van der Waals surface area contributed by atoms with Crippen LogP contribution in [0.15, 0.2) is 12.4 Å². The molecule has 0 amide bonds. The number of hydrogen-bond acceptors (Lipinski definition) is 3. The Kier molecular flexibility index (Phi) is 3.56.